The van der Waals surface area contributed by atoms with Crippen molar-refractivity contribution >= 4 is 5.69 Å². The monoisotopic (exact) mass is 477 g/mol. The van der Waals surface area contributed by atoms with Gasteiger partial charge in [0.1, 0.15) is 47.8 Å². The third-order valence-corrected chi connectivity index (χ3v) is 6.74. The molecular weight excluding hydrogens is 446 g/mol. The number of aliphatic hydroxyl groups is 10. The summed E-state index contributed by atoms with van der Waals surface area (Å²) in [6.07, 6.45) is -10.3. The zero-order valence-corrected chi connectivity index (χ0v) is 18.0. The van der Waals surface area contributed by atoms with Crippen molar-refractivity contribution < 1.29 is 60.5 Å². The van der Waals surface area contributed by atoms with Crippen LogP contribution in [0.1, 0.15) is 25.0 Å². The molecule has 0 saturated carbocycles. The van der Waals surface area contributed by atoms with Crippen LogP contribution in [-0.4, -0.2) is 112 Å². The van der Waals surface area contributed by atoms with E-state index in [9.17, 15) is 51.1 Å². The van der Waals surface area contributed by atoms with Crippen molar-refractivity contribution in [3.8, 4) is 0 Å². The zero-order valence-electron chi connectivity index (χ0n) is 18.0. The van der Waals surface area contributed by atoms with E-state index in [1.807, 2.05) is 0 Å². The second-order valence-electron chi connectivity index (χ2n) is 8.93. The molecule has 188 valence electrons. The lowest BCUT2D eigenvalue weighted by atomic mass is 9.75. The van der Waals surface area contributed by atoms with Crippen molar-refractivity contribution in [2.75, 3.05) is 18.9 Å². The van der Waals surface area contributed by atoms with Crippen LogP contribution in [0.4, 0.5) is 5.69 Å². The Morgan fingerprint density at radius 1 is 0.788 bits per heavy atom. The largest absolute Gasteiger partial charge is 0.398 e. The average Bonchev–Trinajstić information content (AvgIpc) is 2.76. The molecule has 1 aromatic rings. The normalized spacial score (nSPS) is 48.6. The molecule has 13 heteroatoms. The van der Waals surface area contributed by atoms with E-state index in [1.54, 1.807) is 0 Å². The summed E-state index contributed by atoms with van der Waals surface area (Å²) in [5, 5.41) is 103. The maximum Gasteiger partial charge on any atom is 0.227 e. The predicted molar refractivity (Wildman–Crippen MR) is 108 cm³/mol. The molecule has 33 heavy (non-hydrogen) atoms. The highest BCUT2D eigenvalue weighted by Gasteiger charge is 2.64. The van der Waals surface area contributed by atoms with Gasteiger partial charge in [0.05, 0.1) is 13.2 Å². The molecule has 12 N–H and O–H groups in total. The molecule has 2 fully saturated rings. The fourth-order valence-corrected chi connectivity index (χ4v) is 4.36. The van der Waals surface area contributed by atoms with E-state index in [1.165, 1.54) is 0 Å². The molecule has 0 amide bonds. The van der Waals surface area contributed by atoms with Gasteiger partial charge in [-0.15, -0.1) is 0 Å². The Hall–Kier alpha value is -1.46. The van der Waals surface area contributed by atoms with E-state index in [0.29, 0.717) is 0 Å². The Labute approximate surface area is 188 Å². The van der Waals surface area contributed by atoms with Crippen molar-refractivity contribution in [2.45, 2.75) is 73.2 Å². The number of hydrogen-bond donors (Lipinski definition) is 11. The highest BCUT2D eigenvalue weighted by atomic mass is 16.7. The van der Waals surface area contributed by atoms with Crippen LogP contribution in [0.15, 0.2) is 18.2 Å². The Morgan fingerprint density at radius 3 is 1.64 bits per heavy atom. The van der Waals surface area contributed by atoms with E-state index in [4.69, 9.17) is 15.2 Å². The first kappa shape index (κ1) is 26.2. The van der Waals surface area contributed by atoms with Crippen LogP contribution in [-0.2, 0) is 21.0 Å². The van der Waals surface area contributed by atoms with Crippen LogP contribution in [0.5, 0.6) is 0 Å². The highest BCUT2D eigenvalue weighted by Crippen LogP contribution is 2.48. The van der Waals surface area contributed by atoms with Crippen molar-refractivity contribution in [1.82, 2.24) is 0 Å². The van der Waals surface area contributed by atoms with Gasteiger partial charge in [-0.05, 0) is 19.9 Å². The molecule has 0 spiro atoms. The molecule has 0 aliphatic carbocycles. The second-order valence-corrected chi connectivity index (χ2v) is 8.93. The SMILES string of the molecule is C[C@@]1(O)[C@@H](O)[C@@H](O)[C@@H](CO)O[C@]1(O)c1ccc([C@@]2(O)O[C@H](CO)[C@H](O)[C@H](O)[C@@]2(C)O)c(N)c1. The summed E-state index contributed by atoms with van der Waals surface area (Å²) in [5.74, 6) is -5.42. The van der Waals surface area contributed by atoms with Gasteiger partial charge in [0, 0.05) is 16.8 Å². The number of ether oxygens (including phenoxy) is 2. The summed E-state index contributed by atoms with van der Waals surface area (Å²) in [6.45, 7) is 0.357. The molecule has 0 radical (unpaired) electrons. The molecule has 10 atom stereocenters. The van der Waals surface area contributed by atoms with Gasteiger partial charge in [-0.1, -0.05) is 12.1 Å². The smallest absolute Gasteiger partial charge is 0.227 e. The number of nitrogen functional groups attached to an aromatic ring is 1. The second kappa shape index (κ2) is 8.34. The average molecular weight is 477 g/mol. The third kappa shape index (κ3) is 3.56. The van der Waals surface area contributed by atoms with Crippen molar-refractivity contribution in [1.29, 1.82) is 0 Å². The lowest BCUT2D eigenvalue weighted by molar-refractivity contribution is -0.394. The van der Waals surface area contributed by atoms with E-state index < -0.39 is 72.6 Å². The number of hydrogen-bond acceptors (Lipinski definition) is 13. The van der Waals surface area contributed by atoms with Crippen LogP contribution in [0.2, 0.25) is 0 Å². The number of benzene rings is 1. The molecule has 13 nitrogen and oxygen atoms in total. The number of aliphatic hydroxyl groups excluding tert-OH is 6. The lowest BCUT2D eigenvalue weighted by Crippen LogP contribution is -2.70. The topological polar surface area (TPSA) is 247 Å². The van der Waals surface area contributed by atoms with E-state index >= 15 is 0 Å². The van der Waals surface area contributed by atoms with Gasteiger partial charge >= 0.3 is 0 Å². The van der Waals surface area contributed by atoms with Crippen LogP contribution in [0.3, 0.4) is 0 Å². The molecule has 0 bridgehead atoms. The van der Waals surface area contributed by atoms with Gasteiger partial charge in [-0.25, -0.2) is 0 Å². The summed E-state index contributed by atoms with van der Waals surface area (Å²) < 4.78 is 10.6. The minimum atomic E-state index is -2.73. The van der Waals surface area contributed by atoms with Gasteiger partial charge in [-0.3, -0.25) is 0 Å². The van der Waals surface area contributed by atoms with Crippen LogP contribution in [0.25, 0.3) is 0 Å². The molecule has 2 aliphatic heterocycles. The lowest BCUT2D eigenvalue weighted by Gasteiger charge is -2.52. The highest BCUT2D eigenvalue weighted by molar-refractivity contribution is 5.54. The van der Waals surface area contributed by atoms with Crippen LogP contribution < -0.4 is 5.73 Å². The first-order valence-electron chi connectivity index (χ1n) is 10.2. The summed E-state index contributed by atoms with van der Waals surface area (Å²) in [5.41, 5.74) is 0.123. The maximum atomic E-state index is 11.2. The van der Waals surface area contributed by atoms with E-state index in [2.05, 4.69) is 0 Å². The Kier molecular flexibility index (Phi) is 6.61. The number of anilines is 1. The van der Waals surface area contributed by atoms with Gasteiger partial charge < -0.3 is 66.3 Å². The van der Waals surface area contributed by atoms with Gasteiger partial charge in [0.25, 0.3) is 0 Å². The van der Waals surface area contributed by atoms with Crippen molar-refractivity contribution in [3.05, 3.63) is 29.3 Å². The van der Waals surface area contributed by atoms with Gasteiger partial charge in [0.15, 0.2) is 0 Å². The third-order valence-electron chi connectivity index (χ3n) is 6.74. The molecule has 2 heterocycles. The van der Waals surface area contributed by atoms with E-state index in [0.717, 1.165) is 32.0 Å². The quantitative estimate of drug-likeness (QED) is 0.183. The first-order valence-corrected chi connectivity index (χ1v) is 10.2. The predicted octanol–water partition coefficient (Wildman–Crippen LogP) is -4.71. The minimum absolute atomic E-state index is 0.253. The minimum Gasteiger partial charge on any atom is -0.398 e. The molecule has 0 aromatic heterocycles. The van der Waals surface area contributed by atoms with E-state index in [-0.39, 0.29) is 16.8 Å². The Bertz CT molecular complexity index is 881. The maximum absolute atomic E-state index is 11.2. The first-order chi connectivity index (χ1) is 15.1. The molecular formula is C20H31NO12. The summed E-state index contributed by atoms with van der Waals surface area (Å²) in [4.78, 5) is 0. The molecule has 2 aliphatic rings. The van der Waals surface area contributed by atoms with Crippen molar-refractivity contribution in [2.24, 2.45) is 0 Å². The molecule has 3 rings (SSSR count). The fraction of sp³-hybridized carbons (Fsp3) is 0.700. The standard InChI is InChI=1S/C20H31NO12/c1-17(28)15(26)13(24)11(6-22)32-19(17,30)8-3-4-9(10(21)5-8)20(31)18(2,29)16(27)14(25)12(7-23)33-20/h3-5,11-16,22-31H,6-7,21H2,1-2H3/t11-,12-,13+,14+,15+,16+,17-,18-,19-,20-/m1/s1. The van der Waals surface area contributed by atoms with Crippen LogP contribution in [0, 0.1) is 0 Å². The fourth-order valence-electron chi connectivity index (χ4n) is 4.36. The van der Waals surface area contributed by atoms with Crippen LogP contribution >= 0.6 is 0 Å². The Balaban J connectivity index is 2.09. The van der Waals surface area contributed by atoms with Crippen molar-refractivity contribution in [3.63, 3.8) is 0 Å². The number of nitrogens with two attached hydrogens (primary N) is 1. The zero-order chi connectivity index (χ0) is 25.1. The number of rotatable bonds is 4. The Morgan fingerprint density at radius 2 is 1.21 bits per heavy atom. The molecule has 1 aromatic carbocycles. The summed E-state index contributed by atoms with van der Waals surface area (Å²) >= 11 is 0. The van der Waals surface area contributed by atoms with Gasteiger partial charge in [-0.2, -0.15) is 0 Å². The summed E-state index contributed by atoms with van der Waals surface area (Å²) in [7, 11) is 0. The molecule has 0 unspecified atom stereocenters. The molecule has 2 saturated heterocycles. The summed E-state index contributed by atoms with van der Waals surface area (Å²) in [6, 6.07) is 3.19. The van der Waals surface area contributed by atoms with Gasteiger partial charge in [0.2, 0.25) is 11.6 Å².